The van der Waals surface area contributed by atoms with Crippen LogP contribution in [0.25, 0.3) is 0 Å². The van der Waals surface area contributed by atoms with E-state index in [4.69, 9.17) is 11.6 Å². The molecule has 2 heterocycles. The summed E-state index contributed by atoms with van der Waals surface area (Å²) >= 11 is 0. The predicted octanol–water partition coefficient (Wildman–Crippen LogP) is 1.01. The highest BCUT2D eigenvalue weighted by atomic mass is 32.2. The first-order valence-electron chi connectivity index (χ1n) is 11.2. The molecule has 1 saturated carbocycles. The van der Waals surface area contributed by atoms with Crippen molar-refractivity contribution in [3.8, 4) is 12.3 Å². The standard InChI is InChI=1S/C24H26N6O5S/c1-3-16-5-4-6-17(10-16)12-30-15(2)9-21(29-30)23(32)19-11-26-14-27-24(19)28-20-8-7-18(22(20)31)13-35-36(25,33)34/h1,4-6,9-11,14,18,20,22,31H,7-8,12-13H2,2H3,(H2,25,33,34)(H,26,27,28)/t18-,20?,22-/m1/s1. The van der Waals surface area contributed by atoms with Crippen LogP contribution in [0.2, 0.25) is 0 Å². The second-order valence-corrected chi connectivity index (χ2v) is 9.86. The highest BCUT2D eigenvalue weighted by Gasteiger charge is 2.36. The van der Waals surface area contributed by atoms with Crippen LogP contribution in [0.5, 0.6) is 0 Å². The molecule has 36 heavy (non-hydrogen) atoms. The number of nitrogens with two attached hydrogens (primary N) is 1. The maximum atomic E-state index is 13.3. The number of aliphatic hydroxyl groups excluding tert-OH is 1. The summed E-state index contributed by atoms with van der Waals surface area (Å²) in [4.78, 5) is 21.5. The number of aromatic nitrogens is 4. The molecule has 1 aliphatic carbocycles. The normalized spacial score (nSPS) is 19.7. The molecule has 4 rings (SSSR count). The topological polar surface area (TPSA) is 162 Å². The Morgan fingerprint density at radius 1 is 1.36 bits per heavy atom. The Morgan fingerprint density at radius 3 is 2.92 bits per heavy atom. The van der Waals surface area contributed by atoms with Crippen LogP contribution in [0.15, 0.2) is 42.9 Å². The minimum atomic E-state index is -4.10. The van der Waals surface area contributed by atoms with E-state index in [9.17, 15) is 18.3 Å². The van der Waals surface area contributed by atoms with E-state index >= 15 is 0 Å². The minimum Gasteiger partial charge on any atom is -0.391 e. The van der Waals surface area contributed by atoms with Gasteiger partial charge in [-0.3, -0.25) is 13.7 Å². The monoisotopic (exact) mass is 510 g/mol. The van der Waals surface area contributed by atoms with Crippen molar-refractivity contribution in [2.75, 3.05) is 11.9 Å². The molecule has 0 spiro atoms. The van der Waals surface area contributed by atoms with Crippen LogP contribution in [-0.4, -0.2) is 57.8 Å². The molecule has 2 aromatic heterocycles. The van der Waals surface area contributed by atoms with Crippen LogP contribution in [-0.2, 0) is 21.0 Å². The van der Waals surface area contributed by atoms with Crippen molar-refractivity contribution >= 4 is 21.9 Å². The first-order chi connectivity index (χ1) is 17.1. The van der Waals surface area contributed by atoms with E-state index in [1.54, 1.807) is 10.7 Å². The van der Waals surface area contributed by atoms with Gasteiger partial charge >= 0.3 is 10.3 Å². The Kier molecular flexibility index (Phi) is 7.46. The van der Waals surface area contributed by atoms with Gasteiger partial charge in [-0.25, -0.2) is 15.1 Å². The fourth-order valence-corrected chi connectivity index (χ4v) is 4.59. The van der Waals surface area contributed by atoms with E-state index in [-0.39, 0.29) is 29.5 Å². The molecule has 0 amide bonds. The molecule has 1 unspecified atom stereocenters. The third kappa shape index (κ3) is 5.95. The zero-order valence-electron chi connectivity index (χ0n) is 19.5. The van der Waals surface area contributed by atoms with Crippen LogP contribution in [0.1, 0.15) is 45.7 Å². The van der Waals surface area contributed by atoms with Gasteiger partial charge in [-0.05, 0) is 43.5 Å². The zero-order valence-corrected chi connectivity index (χ0v) is 20.4. The van der Waals surface area contributed by atoms with Gasteiger partial charge in [-0.15, -0.1) is 6.42 Å². The molecule has 1 aromatic carbocycles. The number of nitrogens with zero attached hydrogens (tertiary/aromatic N) is 4. The summed E-state index contributed by atoms with van der Waals surface area (Å²) in [6.45, 7) is 2.07. The molecule has 0 radical (unpaired) electrons. The maximum Gasteiger partial charge on any atom is 0.333 e. The summed E-state index contributed by atoms with van der Waals surface area (Å²) in [6.07, 6.45) is 8.27. The predicted molar refractivity (Wildman–Crippen MR) is 131 cm³/mol. The van der Waals surface area contributed by atoms with Crippen LogP contribution >= 0.6 is 0 Å². The van der Waals surface area contributed by atoms with E-state index < -0.39 is 28.4 Å². The van der Waals surface area contributed by atoms with Crippen molar-refractivity contribution in [1.29, 1.82) is 0 Å². The first kappa shape index (κ1) is 25.5. The number of carbonyl (C=O) groups is 1. The van der Waals surface area contributed by atoms with Gasteiger partial charge in [-0.2, -0.15) is 13.5 Å². The smallest absolute Gasteiger partial charge is 0.333 e. The summed E-state index contributed by atoms with van der Waals surface area (Å²) < 4.78 is 28.5. The Bertz CT molecular complexity index is 1410. The van der Waals surface area contributed by atoms with Gasteiger partial charge in [-0.1, -0.05) is 18.1 Å². The van der Waals surface area contributed by atoms with Crippen molar-refractivity contribution in [3.05, 3.63) is 70.9 Å². The molecule has 0 bridgehead atoms. The molecular weight excluding hydrogens is 484 g/mol. The van der Waals surface area contributed by atoms with Crippen LogP contribution < -0.4 is 10.5 Å². The van der Waals surface area contributed by atoms with Crippen molar-refractivity contribution in [2.45, 2.75) is 38.5 Å². The Balaban J connectivity index is 1.49. The SMILES string of the molecule is C#Cc1cccc(Cn2nc(C(=O)c3cncnc3NC3CC[C@H](COS(N)(=O)=O)[C@H]3O)cc2C)c1. The van der Waals surface area contributed by atoms with Crippen LogP contribution in [0.4, 0.5) is 5.82 Å². The molecule has 12 heteroatoms. The molecule has 11 nitrogen and oxygen atoms in total. The number of nitrogens with one attached hydrogen (secondary N) is 1. The molecule has 4 N–H and O–H groups in total. The number of anilines is 1. The number of terminal acetylenes is 1. The van der Waals surface area contributed by atoms with Gasteiger partial charge < -0.3 is 10.4 Å². The summed E-state index contributed by atoms with van der Waals surface area (Å²) in [5, 5.41) is 23.1. The molecule has 1 aliphatic rings. The second kappa shape index (κ2) is 10.5. The summed E-state index contributed by atoms with van der Waals surface area (Å²) in [5.74, 6) is 2.04. The number of carbonyl (C=O) groups excluding carboxylic acids is 1. The number of ketones is 1. The third-order valence-electron chi connectivity index (χ3n) is 6.11. The molecule has 1 fully saturated rings. The highest BCUT2D eigenvalue weighted by molar-refractivity contribution is 7.84. The number of rotatable bonds is 9. The molecule has 188 valence electrons. The van der Waals surface area contributed by atoms with Gasteiger partial charge in [0.1, 0.15) is 17.8 Å². The van der Waals surface area contributed by atoms with Gasteiger partial charge in [0.15, 0.2) is 0 Å². The van der Waals surface area contributed by atoms with Gasteiger partial charge in [0, 0.05) is 23.4 Å². The summed E-state index contributed by atoms with van der Waals surface area (Å²) in [7, 11) is -4.10. The maximum absolute atomic E-state index is 13.3. The first-order valence-corrected chi connectivity index (χ1v) is 12.7. The number of aliphatic hydroxyl groups is 1. The molecular formula is C24H26N6O5S. The lowest BCUT2D eigenvalue weighted by Gasteiger charge is -2.21. The van der Waals surface area contributed by atoms with E-state index in [1.807, 2.05) is 31.2 Å². The second-order valence-electron chi connectivity index (χ2n) is 8.64. The minimum absolute atomic E-state index is 0.202. The molecule has 3 aromatic rings. The highest BCUT2D eigenvalue weighted by Crippen LogP contribution is 2.30. The molecule has 0 aliphatic heterocycles. The summed E-state index contributed by atoms with van der Waals surface area (Å²) in [5.41, 5.74) is 2.94. The number of hydrogen-bond acceptors (Lipinski definition) is 9. The largest absolute Gasteiger partial charge is 0.391 e. The van der Waals surface area contributed by atoms with Gasteiger partial charge in [0.2, 0.25) is 5.78 Å². The van der Waals surface area contributed by atoms with Crippen molar-refractivity contribution in [1.82, 2.24) is 19.7 Å². The average molecular weight is 511 g/mol. The van der Waals surface area contributed by atoms with E-state index in [0.717, 1.165) is 16.8 Å². The molecule has 0 saturated heterocycles. The Labute approximate surface area is 209 Å². The van der Waals surface area contributed by atoms with Crippen molar-refractivity contribution < 1.29 is 22.5 Å². The van der Waals surface area contributed by atoms with Crippen molar-refractivity contribution in [2.24, 2.45) is 11.1 Å². The lowest BCUT2D eigenvalue weighted by Crippen LogP contribution is -2.35. The quantitative estimate of drug-likeness (QED) is 0.282. The van der Waals surface area contributed by atoms with Gasteiger partial charge in [0.25, 0.3) is 0 Å². The van der Waals surface area contributed by atoms with Crippen molar-refractivity contribution in [3.63, 3.8) is 0 Å². The zero-order chi connectivity index (χ0) is 25.9. The fraction of sp³-hybridized carbons (Fsp3) is 0.333. The fourth-order valence-electron chi connectivity index (χ4n) is 4.22. The molecule has 3 atom stereocenters. The Hall–Kier alpha value is -3.63. The Morgan fingerprint density at radius 2 is 2.17 bits per heavy atom. The number of hydrogen-bond donors (Lipinski definition) is 3. The van der Waals surface area contributed by atoms with Crippen LogP contribution in [0, 0.1) is 25.2 Å². The van der Waals surface area contributed by atoms with E-state index in [0.29, 0.717) is 19.4 Å². The average Bonchev–Trinajstić information content (AvgIpc) is 3.39. The third-order valence-corrected chi connectivity index (χ3v) is 6.57. The number of benzene rings is 1. The van der Waals surface area contributed by atoms with E-state index in [2.05, 4.69) is 30.5 Å². The van der Waals surface area contributed by atoms with Crippen LogP contribution in [0.3, 0.4) is 0 Å². The van der Waals surface area contributed by atoms with Gasteiger partial charge in [0.05, 0.1) is 30.9 Å². The van der Waals surface area contributed by atoms with E-state index in [1.165, 1.54) is 12.5 Å². The number of aryl methyl sites for hydroxylation is 1. The lowest BCUT2D eigenvalue weighted by atomic mass is 10.1. The lowest BCUT2D eigenvalue weighted by molar-refractivity contribution is 0.0936. The summed E-state index contributed by atoms with van der Waals surface area (Å²) in [6, 6.07) is 8.76.